The molecule has 0 unspecified atom stereocenters. The maximum atomic E-state index is 11.2. The number of hydrogen-bond donors (Lipinski definition) is 0. The molecule has 0 bridgehead atoms. The van der Waals surface area contributed by atoms with Crippen LogP contribution in [0.25, 0.3) is 0 Å². The third-order valence-electron chi connectivity index (χ3n) is 1.94. The molecule has 0 rings (SSSR count). The van der Waals surface area contributed by atoms with Crippen LogP contribution in [0.5, 0.6) is 0 Å². The van der Waals surface area contributed by atoms with Crippen molar-refractivity contribution in [1.82, 2.24) is 0 Å². The maximum absolute atomic E-state index is 11.2. The Kier molecular flexibility index (Phi) is 7.66. The Bertz CT molecular complexity index is 157. The van der Waals surface area contributed by atoms with E-state index in [1.165, 1.54) is 19.3 Å². The summed E-state index contributed by atoms with van der Waals surface area (Å²) in [5.41, 5.74) is 0. The Balaban J connectivity index is 3.41. The lowest BCUT2D eigenvalue weighted by atomic mass is 10.1. The smallest absolute Gasteiger partial charge is 0.155 e. The number of carbonyl (C=O) groups is 1. The van der Waals surface area contributed by atoms with Crippen molar-refractivity contribution < 1.29 is 4.79 Å². The number of rotatable bonds is 7. The van der Waals surface area contributed by atoms with Gasteiger partial charge in [0.25, 0.3) is 0 Å². The van der Waals surface area contributed by atoms with E-state index in [0.717, 1.165) is 12.8 Å². The number of carbonyl (C=O) groups excluding carboxylic acids is 1. The van der Waals surface area contributed by atoms with E-state index in [4.69, 9.17) is 0 Å². The summed E-state index contributed by atoms with van der Waals surface area (Å²) in [5.74, 6) is 0.768. The summed E-state index contributed by atoms with van der Waals surface area (Å²) in [4.78, 5) is 11.2. The quantitative estimate of drug-likeness (QED) is 0.433. The van der Waals surface area contributed by atoms with Gasteiger partial charge in [0.05, 0.1) is 0 Å². The molecule has 0 amide bonds. The number of ketones is 1. The molecule has 1 heteroatoms. The lowest BCUT2D eigenvalue weighted by Crippen LogP contribution is -1.93. The van der Waals surface area contributed by atoms with Crippen LogP contribution in [0.1, 0.15) is 52.9 Å². The van der Waals surface area contributed by atoms with E-state index in [9.17, 15) is 4.79 Å². The molecule has 0 saturated carbocycles. The van der Waals surface area contributed by atoms with Crippen LogP contribution in [0, 0.1) is 5.92 Å². The summed E-state index contributed by atoms with van der Waals surface area (Å²) in [7, 11) is 0. The number of hydrogen-bond acceptors (Lipinski definition) is 1. The average molecular weight is 182 g/mol. The second-order valence-corrected chi connectivity index (χ2v) is 3.88. The molecule has 0 spiro atoms. The minimum atomic E-state index is 0.282. The standard InChI is InChI=1S/C12H22O/c1-4-5-6-7-8-12(13)10-9-11(2)3/h9-11H,4-8H2,1-3H3. The molecule has 0 saturated heterocycles. The van der Waals surface area contributed by atoms with Crippen molar-refractivity contribution in [3.63, 3.8) is 0 Å². The van der Waals surface area contributed by atoms with Crippen LogP contribution in [0.3, 0.4) is 0 Å². The fraction of sp³-hybridized carbons (Fsp3) is 0.750. The first-order chi connectivity index (χ1) is 6.16. The summed E-state index contributed by atoms with van der Waals surface area (Å²) in [5, 5.41) is 0. The first-order valence-electron chi connectivity index (χ1n) is 5.37. The number of allylic oxidation sites excluding steroid dienone is 2. The third-order valence-corrected chi connectivity index (χ3v) is 1.94. The van der Waals surface area contributed by atoms with Gasteiger partial charge >= 0.3 is 0 Å². The zero-order valence-corrected chi connectivity index (χ0v) is 9.18. The highest BCUT2D eigenvalue weighted by Crippen LogP contribution is 2.04. The highest BCUT2D eigenvalue weighted by atomic mass is 16.1. The summed E-state index contributed by atoms with van der Waals surface area (Å²) in [6.07, 6.45) is 9.16. The normalized spacial score (nSPS) is 11.4. The molecule has 0 N–H and O–H groups in total. The Morgan fingerprint density at radius 2 is 1.92 bits per heavy atom. The molecular weight excluding hydrogens is 160 g/mol. The second kappa shape index (κ2) is 8.03. The molecule has 0 fully saturated rings. The number of unbranched alkanes of at least 4 members (excludes halogenated alkanes) is 3. The molecule has 0 heterocycles. The summed E-state index contributed by atoms with van der Waals surface area (Å²) >= 11 is 0. The summed E-state index contributed by atoms with van der Waals surface area (Å²) in [6, 6.07) is 0. The molecule has 0 aliphatic rings. The maximum Gasteiger partial charge on any atom is 0.155 e. The molecular formula is C12H22O. The third kappa shape index (κ3) is 9.32. The lowest BCUT2D eigenvalue weighted by Gasteiger charge is -1.96. The molecule has 0 atom stereocenters. The summed E-state index contributed by atoms with van der Waals surface area (Å²) in [6.45, 7) is 6.35. The minimum Gasteiger partial charge on any atom is -0.295 e. The van der Waals surface area contributed by atoms with Crippen LogP contribution in [-0.4, -0.2) is 5.78 Å². The van der Waals surface area contributed by atoms with Crippen LogP contribution in [0.4, 0.5) is 0 Å². The first-order valence-corrected chi connectivity index (χ1v) is 5.37. The Morgan fingerprint density at radius 3 is 2.46 bits per heavy atom. The van der Waals surface area contributed by atoms with E-state index >= 15 is 0 Å². The lowest BCUT2D eigenvalue weighted by molar-refractivity contribution is -0.114. The molecule has 76 valence electrons. The second-order valence-electron chi connectivity index (χ2n) is 3.88. The molecule has 0 aromatic carbocycles. The summed E-state index contributed by atoms with van der Waals surface area (Å²) < 4.78 is 0. The Morgan fingerprint density at radius 1 is 1.23 bits per heavy atom. The monoisotopic (exact) mass is 182 g/mol. The van der Waals surface area contributed by atoms with Crippen molar-refractivity contribution in [3.8, 4) is 0 Å². The Hall–Kier alpha value is -0.590. The van der Waals surface area contributed by atoms with Gasteiger partial charge in [-0.1, -0.05) is 46.1 Å². The van der Waals surface area contributed by atoms with Crippen LogP contribution >= 0.6 is 0 Å². The highest BCUT2D eigenvalue weighted by molar-refractivity contribution is 5.89. The van der Waals surface area contributed by atoms with Gasteiger partial charge in [0.1, 0.15) is 0 Å². The van der Waals surface area contributed by atoms with Gasteiger partial charge in [-0.05, 0) is 18.4 Å². The largest absolute Gasteiger partial charge is 0.295 e. The topological polar surface area (TPSA) is 17.1 Å². The van der Waals surface area contributed by atoms with Crippen molar-refractivity contribution in [2.45, 2.75) is 52.9 Å². The SMILES string of the molecule is CCCCCCC(=O)C=CC(C)C. The zero-order valence-electron chi connectivity index (χ0n) is 9.18. The van der Waals surface area contributed by atoms with E-state index in [1.807, 2.05) is 6.08 Å². The van der Waals surface area contributed by atoms with Gasteiger partial charge in [0.15, 0.2) is 5.78 Å². The van der Waals surface area contributed by atoms with Crippen molar-refractivity contribution >= 4 is 5.78 Å². The predicted molar refractivity (Wildman–Crippen MR) is 57.7 cm³/mol. The van der Waals surface area contributed by atoms with Gasteiger partial charge in [0, 0.05) is 6.42 Å². The van der Waals surface area contributed by atoms with Crippen LogP contribution < -0.4 is 0 Å². The molecule has 0 aliphatic heterocycles. The molecule has 13 heavy (non-hydrogen) atoms. The van der Waals surface area contributed by atoms with Crippen molar-refractivity contribution in [2.75, 3.05) is 0 Å². The van der Waals surface area contributed by atoms with E-state index < -0.39 is 0 Å². The van der Waals surface area contributed by atoms with Gasteiger partial charge in [-0.2, -0.15) is 0 Å². The van der Waals surface area contributed by atoms with Crippen molar-refractivity contribution in [3.05, 3.63) is 12.2 Å². The molecule has 0 aromatic heterocycles. The fourth-order valence-corrected chi connectivity index (χ4v) is 1.11. The van der Waals surface area contributed by atoms with E-state index in [-0.39, 0.29) is 5.78 Å². The van der Waals surface area contributed by atoms with Gasteiger partial charge in [0.2, 0.25) is 0 Å². The van der Waals surface area contributed by atoms with E-state index in [1.54, 1.807) is 6.08 Å². The van der Waals surface area contributed by atoms with Crippen molar-refractivity contribution in [1.29, 1.82) is 0 Å². The molecule has 0 aliphatic carbocycles. The first kappa shape index (κ1) is 12.4. The van der Waals surface area contributed by atoms with Crippen LogP contribution in [0.15, 0.2) is 12.2 Å². The predicted octanol–water partition coefficient (Wildman–Crippen LogP) is 3.74. The van der Waals surface area contributed by atoms with Crippen molar-refractivity contribution in [2.24, 2.45) is 5.92 Å². The zero-order chi connectivity index (χ0) is 10.1. The fourth-order valence-electron chi connectivity index (χ4n) is 1.11. The highest BCUT2D eigenvalue weighted by Gasteiger charge is 1.96. The van der Waals surface area contributed by atoms with Gasteiger partial charge in [-0.25, -0.2) is 0 Å². The van der Waals surface area contributed by atoms with Gasteiger partial charge < -0.3 is 0 Å². The van der Waals surface area contributed by atoms with Gasteiger partial charge in [-0.3, -0.25) is 4.79 Å². The van der Waals surface area contributed by atoms with E-state index in [0.29, 0.717) is 5.92 Å². The van der Waals surface area contributed by atoms with E-state index in [2.05, 4.69) is 20.8 Å². The molecule has 0 radical (unpaired) electrons. The van der Waals surface area contributed by atoms with Crippen LogP contribution in [0.2, 0.25) is 0 Å². The Labute approximate surface area is 82.2 Å². The van der Waals surface area contributed by atoms with Crippen LogP contribution in [-0.2, 0) is 4.79 Å². The average Bonchev–Trinajstić information content (AvgIpc) is 2.09. The minimum absolute atomic E-state index is 0.282. The molecule has 1 nitrogen and oxygen atoms in total. The van der Waals surface area contributed by atoms with Gasteiger partial charge in [-0.15, -0.1) is 0 Å². The molecule has 0 aromatic rings.